The second-order valence-corrected chi connectivity index (χ2v) is 6.93. The van der Waals surface area contributed by atoms with Crippen molar-refractivity contribution >= 4 is 34.5 Å². The number of alkyl halides is 1. The third-order valence-corrected chi connectivity index (χ3v) is 5.37. The normalized spacial score (nSPS) is 34.5. The molecule has 2 fully saturated rings. The zero-order valence-electron chi connectivity index (χ0n) is 10.6. The Kier molecular flexibility index (Phi) is 3.99. The first-order valence-corrected chi connectivity index (χ1v) is 7.21. The zero-order valence-corrected chi connectivity index (χ0v) is 12.7. The quantitative estimate of drug-likeness (QED) is 0.334. The molecule has 2 aliphatic rings. The molecule has 100 valence electrons. The maximum absolute atomic E-state index is 11.8. The molecule has 2 bridgehead atoms. The molecule has 2 rings (SSSR count). The van der Waals surface area contributed by atoms with E-state index < -0.39 is 11.9 Å². The van der Waals surface area contributed by atoms with Crippen molar-refractivity contribution in [1.29, 1.82) is 0 Å². The van der Waals surface area contributed by atoms with Crippen molar-refractivity contribution in [3.8, 4) is 0 Å². The summed E-state index contributed by atoms with van der Waals surface area (Å²) in [6.45, 7) is 1.55. The lowest BCUT2D eigenvalue weighted by Gasteiger charge is -2.31. The van der Waals surface area contributed by atoms with Crippen LogP contribution < -0.4 is 0 Å². The summed E-state index contributed by atoms with van der Waals surface area (Å²) in [5, 5.41) is 0. The predicted octanol–water partition coefficient (Wildman–Crippen LogP) is 2.60. The Labute approximate surface area is 120 Å². The van der Waals surface area contributed by atoms with E-state index in [4.69, 9.17) is 4.74 Å². The highest BCUT2D eigenvalue weighted by Crippen LogP contribution is 2.55. The molecule has 2 saturated carbocycles. The van der Waals surface area contributed by atoms with E-state index in [1.54, 1.807) is 6.92 Å². The van der Waals surface area contributed by atoms with E-state index in [-0.39, 0.29) is 9.18 Å². The summed E-state index contributed by atoms with van der Waals surface area (Å²) in [7, 11) is 1.29. The van der Waals surface area contributed by atoms with Crippen LogP contribution in [0.25, 0.3) is 0 Å². The highest BCUT2D eigenvalue weighted by atomic mass is 127. The lowest BCUT2D eigenvalue weighted by molar-refractivity contribution is -0.147. The standard InChI is InChI=1S/C13H17IO4/c1-8(12(16)17-2)5-11(15)18-13(14)7-9-3-4-10(13)6-9/h5,9-10H,3-4,6-7H2,1-2H3/b8-5-. The molecule has 3 unspecified atom stereocenters. The molecule has 2 aliphatic carbocycles. The number of carbonyl (C=O) groups excluding carboxylic acids is 2. The minimum Gasteiger partial charge on any atom is -0.466 e. The van der Waals surface area contributed by atoms with Gasteiger partial charge in [0.2, 0.25) is 0 Å². The number of halogens is 1. The van der Waals surface area contributed by atoms with Crippen LogP contribution in [0, 0.1) is 11.8 Å². The maximum Gasteiger partial charge on any atom is 0.333 e. The number of hydrogen-bond donors (Lipinski definition) is 0. The zero-order chi connectivity index (χ0) is 13.3. The number of ether oxygens (including phenoxy) is 2. The van der Waals surface area contributed by atoms with Crippen LogP contribution in [-0.2, 0) is 19.1 Å². The molecule has 3 atom stereocenters. The molecular weight excluding hydrogens is 347 g/mol. The van der Waals surface area contributed by atoms with Gasteiger partial charge < -0.3 is 9.47 Å². The van der Waals surface area contributed by atoms with E-state index in [9.17, 15) is 9.59 Å². The molecule has 4 nitrogen and oxygen atoms in total. The van der Waals surface area contributed by atoms with Crippen LogP contribution in [0.2, 0.25) is 0 Å². The van der Waals surface area contributed by atoms with Crippen LogP contribution in [-0.4, -0.2) is 22.7 Å². The largest absolute Gasteiger partial charge is 0.466 e. The monoisotopic (exact) mass is 364 g/mol. The average Bonchev–Trinajstić information content (AvgIpc) is 2.86. The van der Waals surface area contributed by atoms with E-state index in [1.807, 2.05) is 0 Å². The first-order valence-electron chi connectivity index (χ1n) is 6.13. The Morgan fingerprint density at radius 2 is 2.11 bits per heavy atom. The van der Waals surface area contributed by atoms with E-state index in [0.717, 1.165) is 19.3 Å². The van der Waals surface area contributed by atoms with Gasteiger partial charge >= 0.3 is 11.9 Å². The molecule has 18 heavy (non-hydrogen) atoms. The van der Waals surface area contributed by atoms with Gasteiger partial charge in [0.05, 0.1) is 7.11 Å². The fourth-order valence-electron chi connectivity index (χ4n) is 2.93. The summed E-state index contributed by atoms with van der Waals surface area (Å²) in [4.78, 5) is 23.0. The van der Waals surface area contributed by atoms with Crippen LogP contribution in [0.5, 0.6) is 0 Å². The molecular formula is C13H17IO4. The molecule has 0 radical (unpaired) electrons. The summed E-state index contributed by atoms with van der Waals surface area (Å²) in [5.74, 6) is 0.228. The van der Waals surface area contributed by atoms with E-state index >= 15 is 0 Å². The number of hydrogen-bond acceptors (Lipinski definition) is 4. The Balaban J connectivity index is 1.98. The number of carbonyl (C=O) groups is 2. The van der Waals surface area contributed by atoms with Crippen LogP contribution in [0.15, 0.2) is 11.6 Å². The number of rotatable bonds is 3. The molecule has 0 heterocycles. The lowest BCUT2D eigenvalue weighted by atomic mass is 9.97. The van der Waals surface area contributed by atoms with Gasteiger partial charge in [-0.2, -0.15) is 0 Å². The molecule has 0 spiro atoms. The van der Waals surface area contributed by atoms with Crippen molar-refractivity contribution in [2.75, 3.05) is 7.11 Å². The molecule has 0 aromatic carbocycles. The minimum absolute atomic E-state index is 0.269. The van der Waals surface area contributed by atoms with Gasteiger partial charge in [0.15, 0.2) is 3.61 Å². The second-order valence-electron chi connectivity index (χ2n) is 5.11. The molecule has 0 saturated heterocycles. The molecule has 0 aromatic rings. The van der Waals surface area contributed by atoms with Gasteiger partial charge in [-0.3, -0.25) is 0 Å². The SMILES string of the molecule is COC(=O)/C(C)=C\C(=O)OC1(I)CC2CCC1C2. The van der Waals surface area contributed by atoms with Crippen LogP contribution in [0.3, 0.4) is 0 Å². The number of fused-ring (bicyclic) bond motifs is 2. The van der Waals surface area contributed by atoms with Crippen molar-refractivity contribution in [3.63, 3.8) is 0 Å². The van der Waals surface area contributed by atoms with Crippen molar-refractivity contribution in [2.24, 2.45) is 11.8 Å². The summed E-state index contributed by atoms with van der Waals surface area (Å²) >= 11 is 2.26. The summed E-state index contributed by atoms with van der Waals surface area (Å²) < 4.78 is 9.73. The molecule has 0 aromatic heterocycles. The smallest absolute Gasteiger partial charge is 0.333 e. The Morgan fingerprint density at radius 1 is 1.39 bits per heavy atom. The van der Waals surface area contributed by atoms with Gasteiger partial charge in [-0.05, 0) is 61.1 Å². The van der Waals surface area contributed by atoms with Crippen LogP contribution >= 0.6 is 22.6 Å². The summed E-state index contributed by atoms with van der Waals surface area (Å²) in [6, 6.07) is 0. The first-order chi connectivity index (χ1) is 8.44. The molecule has 0 N–H and O–H groups in total. The van der Waals surface area contributed by atoms with Gasteiger partial charge in [-0.15, -0.1) is 0 Å². The van der Waals surface area contributed by atoms with Crippen LogP contribution in [0.4, 0.5) is 0 Å². The van der Waals surface area contributed by atoms with E-state index in [0.29, 0.717) is 11.8 Å². The van der Waals surface area contributed by atoms with E-state index in [2.05, 4.69) is 27.3 Å². The number of methoxy groups -OCH3 is 1. The highest BCUT2D eigenvalue weighted by molar-refractivity contribution is 14.1. The fraction of sp³-hybridized carbons (Fsp3) is 0.692. The third-order valence-electron chi connectivity index (χ3n) is 3.83. The second kappa shape index (κ2) is 5.19. The van der Waals surface area contributed by atoms with Gasteiger partial charge in [-0.1, -0.05) is 0 Å². The number of esters is 2. The minimum atomic E-state index is -0.498. The summed E-state index contributed by atoms with van der Waals surface area (Å²) in [5.41, 5.74) is 0.269. The van der Waals surface area contributed by atoms with Crippen LogP contribution in [0.1, 0.15) is 32.6 Å². The molecule has 0 amide bonds. The van der Waals surface area contributed by atoms with Crippen molar-refractivity contribution < 1.29 is 19.1 Å². The average molecular weight is 364 g/mol. The lowest BCUT2D eigenvalue weighted by Crippen LogP contribution is -2.33. The molecule has 0 aliphatic heterocycles. The first kappa shape index (κ1) is 13.8. The maximum atomic E-state index is 11.8. The van der Waals surface area contributed by atoms with Gasteiger partial charge in [0.25, 0.3) is 0 Å². The van der Waals surface area contributed by atoms with Crippen molar-refractivity contribution in [2.45, 2.75) is 36.2 Å². The molecule has 5 heteroatoms. The van der Waals surface area contributed by atoms with Crippen molar-refractivity contribution in [3.05, 3.63) is 11.6 Å². The van der Waals surface area contributed by atoms with Crippen molar-refractivity contribution in [1.82, 2.24) is 0 Å². The highest BCUT2D eigenvalue weighted by Gasteiger charge is 2.52. The van der Waals surface area contributed by atoms with Gasteiger partial charge in [0, 0.05) is 17.6 Å². The van der Waals surface area contributed by atoms with Gasteiger partial charge in [-0.25, -0.2) is 9.59 Å². The Hall–Kier alpha value is -0.590. The Bertz CT molecular complexity index is 404. The summed E-state index contributed by atoms with van der Waals surface area (Å²) in [6.07, 6.45) is 5.72. The topological polar surface area (TPSA) is 52.6 Å². The third kappa shape index (κ3) is 2.70. The van der Waals surface area contributed by atoms with E-state index in [1.165, 1.54) is 19.6 Å². The predicted molar refractivity (Wildman–Crippen MR) is 74.1 cm³/mol. The Morgan fingerprint density at radius 3 is 2.61 bits per heavy atom. The fourth-order valence-corrected chi connectivity index (χ4v) is 4.34. The van der Waals surface area contributed by atoms with Gasteiger partial charge in [0.1, 0.15) is 0 Å².